The van der Waals surface area contributed by atoms with Crippen LogP contribution in [0.25, 0.3) is 0 Å². The molecule has 0 aliphatic rings. The van der Waals surface area contributed by atoms with E-state index in [9.17, 15) is 18.0 Å². The lowest BCUT2D eigenvalue weighted by Gasteiger charge is -2.33. The van der Waals surface area contributed by atoms with Crippen LogP contribution in [0.15, 0.2) is 59.5 Å². The molecule has 0 aliphatic heterocycles. The number of sulfone groups is 1. The van der Waals surface area contributed by atoms with Crippen LogP contribution in [0, 0.1) is 5.41 Å². The Balaban J connectivity index is 2.19. The van der Waals surface area contributed by atoms with E-state index in [-0.39, 0.29) is 4.90 Å². The van der Waals surface area contributed by atoms with Crippen LogP contribution in [-0.4, -0.2) is 45.0 Å². The van der Waals surface area contributed by atoms with Crippen molar-refractivity contribution in [3.63, 3.8) is 0 Å². The fourth-order valence-corrected chi connectivity index (χ4v) is 4.98. The van der Waals surface area contributed by atoms with Gasteiger partial charge in [-0.25, -0.2) is 18.0 Å². The van der Waals surface area contributed by atoms with Gasteiger partial charge in [-0.2, -0.15) is 0 Å². The number of hydrogen-bond donors (Lipinski definition) is 1. The van der Waals surface area contributed by atoms with Gasteiger partial charge in [0.25, 0.3) is 0 Å². The maximum absolute atomic E-state index is 13.1. The summed E-state index contributed by atoms with van der Waals surface area (Å²) in [6.07, 6.45) is -0.842. The number of esters is 1. The quantitative estimate of drug-likeness (QED) is 0.563. The van der Waals surface area contributed by atoms with Crippen molar-refractivity contribution in [1.29, 1.82) is 0 Å². The standard InChI is InChI=1S/C24H31NO7S/c1-23(2,3)32-22(27)25-20(21(26)30-6)24(4,5)16-33(28,29)19-14-12-18(13-15-19)31-17-10-8-7-9-11-17/h7-15,20H,16H2,1-6H3,(H,25,27). The monoisotopic (exact) mass is 477 g/mol. The maximum atomic E-state index is 13.1. The first-order chi connectivity index (χ1) is 15.2. The normalized spacial score (nSPS) is 13.0. The Kier molecular flexibility index (Phi) is 8.13. The molecule has 2 aromatic rings. The van der Waals surface area contributed by atoms with Crippen molar-refractivity contribution in [2.24, 2.45) is 5.41 Å². The predicted octanol–water partition coefficient (Wildman–Crippen LogP) is 4.35. The van der Waals surface area contributed by atoms with Gasteiger partial charge in [0.15, 0.2) is 9.84 Å². The van der Waals surface area contributed by atoms with Gasteiger partial charge in [0.2, 0.25) is 0 Å². The molecule has 0 bridgehead atoms. The summed E-state index contributed by atoms with van der Waals surface area (Å²) < 4.78 is 41.9. The first kappa shape index (κ1) is 26.2. The molecule has 0 spiro atoms. The van der Waals surface area contributed by atoms with Gasteiger partial charge in [0.05, 0.1) is 17.8 Å². The number of methoxy groups -OCH3 is 1. The van der Waals surface area contributed by atoms with Crippen molar-refractivity contribution in [2.45, 2.75) is 51.2 Å². The molecule has 0 aliphatic carbocycles. The second-order valence-corrected chi connectivity index (χ2v) is 11.2. The molecular weight excluding hydrogens is 446 g/mol. The molecule has 0 saturated carbocycles. The zero-order valence-corrected chi connectivity index (χ0v) is 20.6. The maximum Gasteiger partial charge on any atom is 0.408 e. The third kappa shape index (κ3) is 7.78. The molecule has 9 heteroatoms. The molecule has 1 unspecified atom stereocenters. The predicted molar refractivity (Wildman–Crippen MR) is 124 cm³/mol. The van der Waals surface area contributed by atoms with E-state index >= 15 is 0 Å². The highest BCUT2D eigenvalue weighted by Gasteiger charge is 2.42. The minimum absolute atomic E-state index is 0.0665. The number of nitrogens with one attached hydrogen (secondary N) is 1. The number of alkyl carbamates (subject to hydrolysis) is 1. The van der Waals surface area contributed by atoms with E-state index < -0.39 is 44.7 Å². The van der Waals surface area contributed by atoms with Gasteiger partial charge in [-0.3, -0.25) is 0 Å². The molecule has 0 heterocycles. The van der Waals surface area contributed by atoms with Crippen LogP contribution < -0.4 is 10.1 Å². The minimum atomic E-state index is -3.82. The van der Waals surface area contributed by atoms with Crippen molar-refractivity contribution >= 4 is 21.9 Å². The molecule has 180 valence electrons. The Morgan fingerprint density at radius 3 is 1.97 bits per heavy atom. The van der Waals surface area contributed by atoms with Gasteiger partial charge >= 0.3 is 12.1 Å². The fraction of sp³-hybridized carbons (Fsp3) is 0.417. The van der Waals surface area contributed by atoms with Gasteiger partial charge in [-0.1, -0.05) is 32.0 Å². The number of hydrogen-bond acceptors (Lipinski definition) is 7. The molecule has 0 radical (unpaired) electrons. The molecule has 1 amide bonds. The van der Waals surface area contributed by atoms with E-state index in [2.05, 4.69) is 5.32 Å². The van der Waals surface area contributed by atoms with Crippen molar-refractivity contribution in [3.05, 3.63) is 54.6 Å². The highest BCUT2D eigenvalue weighted by atomic mass is 32.2. The van der Waals surface area contributed by atoms with Gasteiger partial charge in [0.1, 0.15) is 23.1 Å². The van der Waals surface area contributed by atoms with Gasteiger partial charge in [-0.15, -0.1) is 0 Å². The molecule has 0 aromatic heterocycles. The first-order valence-corrected chi connectivity index (χ1v) is 12.0. The van der Waals surface area contributed by atoms with Crippen molar-refractivity contribution in [3.8, 4) is 11.5 Å². The van der Waals surface area contributed by atoms with Crippen LogP contribution in [0.4, 0.5) is 4.79 Å². The van der Waals surface area contributed by atoms with E-state index in [1.807, 2.05) is 18.2 Å². The summed E-state index contributed by atoms with van der Waals surface area (Å²) in [4.78, 5) is 24.7. The summed E-state index contributed by atoms with van der Waals surface area (Å²) in [6.45, 7) is 8.17. The number of benzene rings is 2. The molecule has 0 saturated heterocycles. The van der Waals surface area contributed by atoms with Crippen LogP contribution in [0.2, 0.25) is 0 Å². The van der Waals surface area contributed by atoms with Crippen molar-refractivity contribution in [2.75, 3.05) is 12.9 Å². The first-order valence-electron chi connectivity index (χ1n) is 10.4. The molecule has 2 aromatic carbocycles. The Hall–Kier alpha value is -3.07. The van der Waals surface area contributed by atoms with Crippen molar-refractivity contribution < 1.29 is 32.2 Å². The van der Waals surface area contributed by atoms with Crippen molar-refractivity contribution in [1.82, 2.24) is 5.32 Å². The number of carbonyl (C=O) groups excluding carboxylic acids is 2. The van der Waals surface area contributed by atoms with Crippen LogP contribution in [0.5, 0.6) is 11.5 Å². The lowest BCUT2D eigenvalue weighted by atomic mass is 9.86. The molecule has 1 N–H and O–H groups in total. The SMILES string of the molecule is COC(=O)C(NC(=O)OC(C)(C)C)C(C)(C)CS(=O)(=O)c1ccc(Oc2ccccc2)cc1. The van der Waals surface area contributed by atoms with Gasteiger partial charge < -0.3 is 19.5 Å². The zero-order chi connectivity index (χ0) is 24.9. The fourth-order valence-electron chi connectivity index (χ4n) is 3.11. The van der Waals surface area contributed by atoms with Crippen LogP contribution in [0.1, 0.15) is 34.6 Å². The lowest BCUT2D eigenvalue weighted by molar-refractivity contribution is -0.145. The number of rotatable bonds is 8. The molecular formula is C24H31NO7S. The molecule has 1 atom stereocenters. The minimum Gasteiger partial charge on any atom is -0.467 e. The third-order valence-electron chi connectivity index (χ3n) is 4.60. The number of para-hydroxylation sites is 1. The van der Waals surface area contributed by atoms with Crippen LogP contribution >= 0.6 is 0 Å². The summed E-state index contributed by atoms with van der Waals surface area (Å²) in [5.74, 6) is -0.0801. The number of ether oxygens (including phenoxy) is 3. The number of amides is 1. The Labute approximate surface area is 195 Å². The summed E-state index contributed by atoms with van der Waals surface area (Å²) in [6, 6.07) is 13.9. The van der Waals surface area contributed by atoms with E-state index in [1.54, 1.807) is 58.9 Å². The summed E-state index contributed by atoms with van der Waals surface area (Å²) in [5.41, 5.74) is -1.99. The van der Waals surface area contributed by atoms with E-state index in [4.69, 9.17) is 14.2 Å². The Morgan fingerprint density at radius 1 is 0.909 bits per heavy atom. The van der Waals surface area contributed by atoms with E-state index in [0.29, 0.717) is 11.5 Å². The van der Waals surface area contributed by atoms with E-state index in [0.717, 1.165) is 0 Å². The smallest absolute Gasteiger partial charge is 0.408 e. The topological polar surface area (TPSA) is 108 Å². The van der Waals surface area contributed by atoms with Gasteiger partial charge in [0, 0.05) is 5.41 Å². The second kappa shape index (κ2) is 10.2. The second-order valence-electron chi connectivity index (χ2n) is 9.24. The molecule has 2 rings (SSSR count). The third-order valence-corrected chi connectivity index (χ3v) is 6.72. The average molecular weight is 478 g/mol. The summed E-state index contributed by atoms with van der Waals surface area (Å²) >= 11 is 0. The molecule has 33 heavy (non-hydrogen) atoms. The molecule has 0 fully saturated rings. The Bertz CT molecular complexity index is 1060. The van der Waals surface area contributed by atoms with E-state index in [1.165, 1.54) is 19.2 Å². The van der Waals surface area contributed by atoms with Crippen LogP contribution in [0.3, 0.4) is 0 Å². The lowest BCUT2D eigenvalue weighted by Crippen LogP contribution is -2.54. The highest BCUT2D eigenvalue weighted by molar-refractivity contribution is 7.91. The summed E-state index contributed by atoms with van der Waals surface area (Å²) in [7, 11) is -2.65. The summed E-state index contributed by atoms with van der Waals surface area (Å²) in [5, 5.41) is 2.45. The number of carbonyl (C=O) groups is 2. The van der Waals surface area contributed by atoms with Crippen LogP contribution in [-0.2, 0) is 24.1 Å². The largest absolute Gasteiger partial charge is 0.467 e. The Morgan fingerprint density at radius 2 is 1.45 bits per heavy atom. The average Bonchev–Trinajstić information content (AvgIpc) is 2.70. The molecule has 8 nitrogen and oxygen atoms in total. The zero-order valence-electron chi connectivity index (χ0n) is 19.7. The highest BCUT2D eigenvalue weighted by Crippen LogP contribution is 2.29. The van der Waals surface area contributed by atoms with Gasteiger partial charge in [-0.05, 0) is 57.2 Å².